The Kier molecular flexibility index (Phi) is 34.3. The molecule has 0 bridgehead atoms. The van der Waals surface area contributed by atoms with Crippen molar-refractivity contribution in [3.05, 3.63) is 71.8 Å². The molecule has 14 atom stereocenters. The van der Waals surface area contributed by atoms with Crippen molar-refractivity contribution in [3.63, 3.8) is 0 Å². The Morgan fingerprint density at radius 3 is 1.65 bits per heavy atom. The lowest BCUT2D eigenvalue weighted by molar-refractivity contribution is -0.140. The number of Topliss-reactive ketones (excluding diaryl/α,β-unsaturated/α-hetero) is 1. The van der Waals surface area contributed by atoms with E-state index in [9.17, 15) is 53.7 Å². The molecule has 1 aliphatic rings. The van der Waals surface area contributed by atoms with Crippen molar-refractivity contribution in [1.82, 2.24) is 58.5 Å². The molecule has 1 heterocycles. The zero-order chi connectivity index (χ0) is 76.4. The first-order valence-corrected chi connectivity index (χ1v) is 34.6. The van der Waals surface area contributed by atoms with E-state index in [0.29, 0.717) is 5.56 Å². The Morgan fingerprint density at radius 1 is 0.604 bits per heavy atom. The number of nitrogens with zero attached hydrogens (tertiary/aromatic N) is 1. The summed E-state index contributed by atoms with van der Waals surface area (Å²) >= 11 is 0. The molecule has 0 radical (unpaired) electrons. The summed E-state index contributed by atoms with van der Waals surface area (Å²) in [6, 6.07) is 0.102. The second-order valence-electron chi connectivity index (χ2n) is 30.3. The van der Waals surface area contributed by atoms with Crippen molar-refractivity contribution in [2.24, 2.45) is 51.0 Å². The largest absolute Gasteiger partial charge is 0.444 e. The van der Waals surface area contributed by atoms with Gasteiger partial charge in [-0.1, -0.05) is 150 Å². The lowest BCUT2D eigenvalue weighted by Crippen LogP contribution is -2.62. The molecule has 0 aliphatic carbocycles. The van der Waals surface area contributed by atoms with Gasteiger partial charge in [0.2, 0.25) is 59.1 Å². The number of aliphatic hydroxyl groups excluding tert-OH is 3. The number of amides is 11. The summed E-state index contributed by atoms with van der Waals surface area (Å²) in [6.45, 7) is 24.9. The van der Waals surface area contributed by atoms with E-state index in [1.54, 1.807) is 118 Å². The topological polar surface area (TPSA) is 471 Å². The number of aliphatic imine (C=N–C) groups is 1. The van der Waals surface area contributed by atoms with Crippen LogP contribution in [0.5, 0.6) is 0 Å². The van der Waals surface area contributed by atoms with E-state index in [4.69, 9.17) is 16.2 Å². The van der Waals surface area contributed by atoms with Crippen LogP contribution in [0, 0.1) is 34.5 Å². The number of guanidine groups is 1. The predicted octanol–water partition coefficient (Wildman–Crippen LogP) is 0.972. The molecule has 0 unspecified atom stereocenters. The molecule has 2 aromatic carbocycles. The van der Waals surface area contributed by atoms with Gasteiger partial charge in [0.1, 0.15) is 53.9 Å². The first kappa shape index (κ1) is 86.5. The Morgan fingerprint density at radius 2 is 1.12 bits per heavy atom. The molecule has 30 heteroatoms. The molecule has 0 aromatic heterocycles. The Labute approximate surface area is 593 Å². The number of benzene rings is 2. The molecule has 1 aliphatic heterocycles. The van der Waals surface area contributed by atoms with Crippen molar-refractivity contribution in [1.29, 1.82) is 0 Å². The van der Waals surface area contributed by atoms with E-state index in [1.807, 2.05) is 20.8 Å². The average Bonchev–Trinajstić information content (AvgIpc) is 0.812. The van der Waals surface area contributed by atoms with Crippen LogP contribution in [0.15, 0.2) is 65.7 Å². The third-order valence-electron chi connectivity index (χ3n) is 16.5. The predicted molar refractivity (Wildman–Crippen MR) is 379 cm³/mol. The van der Waals surface area contributed by atoms with E-state index in [-0.39, 0.29) is 68.9 Å². The normalized spacial score (nSPS) is 23.3. The van der Waals surface area contributed by atoms with Gasteiger partial charge in [-0.15, -0.1) is 0 Å². The van der Waals surface area contributed by atoms with Gasteiger partial charge < -0.3 is 90.0 Å². The number of nitrogens with one attached hydrogen (secondary N) is 11. The van der Waals surface area contributed by atoms with Gasteiger partial charge >= 0.3 is 6.09 Å². The summed E-state index contributed by atoms with van der Waals surface area (Å²) in [4.78, 5) is 180. The number of ketones is 1. The first-order chi connectivity index (χ1) is 46.9. The highest BCUT2D eigenvalue weighted by molar-refractivity contribution is 6.00. The molecule has 2 aromatic rings. The van der Waals surface area contributed by atoms with E-state index in [2.05, 4.69) is 63.5 Å². The Bertz CT molecular complexity index is 3140. The summed E-state index contributed by atoms with van der Waals surface area (Å²) in [5.41, 5.74) is 9.58. The number of carbonyl (C=O) groups excluding carboxylic acids is 12. The molecule has 11 amide bonds. The molecular weight excluding hydrogens is 1300 g/mol. The number of hydrogen-bond acceptors (Lipinski definition) is 17. The second kappa shape index (κ2) is 40.0. The first-order valence-electron chi connectivity index (χ1n) is 34.6. The fourth-order valence-corrected chi connectivity index (χ4v) is 11.1. The van der Waals surface area contributed by atoms with Crippen molar-refractivity contribution >= 4 is 76.9 Å². The third kappa shape index (κ3) is 30.5. The molecule has 101 heavy (non-hydrogen) atoms. The average molecular weight is 1420 g/mol. The van der Waals surface area contributed by atoms with Crippen LogP contribution in [0.2, 0.25) is 0 Å². The lowest BCUT2D eigenvalue weighted by Gasteiger charge is -2.34. The molecule has 30 nitrogen and oxygen atoms in total. The summed E-state index contributed by atoms with van der Waals surface area (Å²) in [6.07, 6.45) is -5.31. The quantitative estimate of drug-likeness (QED) is 0.0419. The highest BCUT2D eigenvalue weighted by Crippen LogP contribution is 2.31. The maximum absolute atomic E-state index is 15.8. The molecule has 0 saturated carbocycles. The van der Waals surface area contributed by atoms with Crippen LogP contribution >= 0.6 is 0 Å². The summed E-state index contributed by atoms with van der Waals surface area (Å²) in [5.74, 6) is -14.8. The lowest BCUT2D eigenvalue weighted by atomic mass is 9.81. The maximum atomic E-state index is 15.8. The van der Waals surface area contributed by atoms with Gasteiger partial charge in [0.05, 0.1) is 43.4 Å². The van der Waals surface area contributed by atoms with Crippen LogP contribution in [0.3, 0.4) is 0 Å². The van der Waals surface area contributed by atoms with Gasteiger partial charge in [-0.25, -0.2) is 4.79 Å². The van der Waals surface area contributed by atoms with Gasteiger partial charge in [0, 0.05) is 19.4 Å². The molecule has 3 rings (SSSR count). The van der Waals surface area contributed by atoms with E-state index in [0.717, 1.165) is 0 Å². The van der Waals surface area contributed by atoms with Gasteiger partial charge in [0.15, 0.2) is 11.7 Å². The molecule has 18 N–H and O–H groups in total. The zero-order valence-corrected chi connectivity index (χ0v) is 61.5. The number of nitrogens with two attached hydrogens (primary N) is 2. The van der Waals surface area contributed by atoms with E-state index < -0.39 is 197 Å². The highest BCUT2D eigenvalue weighted by atomic mass is 16.6. The molecular formula is C71H114N14O16. The van der Waals surface area contributed by atoms with E-state index in [1.165, 1.54) is 32.9 Å². The number of rotatable bonds is 23. The third-order valence-corrected chi connectivity index (χ3v) is 16.5. The minimum absolute atomic E-state index is 0.0253. The molecule has 1 fully saturated rings. The van der Waals surface area contributed by atoms with Crippen LogP contribution in [0.25, 0.3) is 0 Å². The SMILES string of the molecule is CC[C@H](C)[C@@H]1NC(=O)[C@@H](CCCN=C(N)N)NC(=O)[C@H](CC(C)C)NC(=O)[C@H]([C@H](O)C(C)C)NC(=O)[C@@H](CC(=O)[C@H](CC(C)(C)C)NC(=O)[C@@H](CC(C)(C)C)NC(=O)OC(C)(C)C)[C@@H](c2ccccc2)NC(=O)[C@H](CO)NC(=O)[C@H](Cc2ccccc2)NC(=O)CNC(=O)[C@H]([C@H](C)O)NC1=O. The molecule has 1 saturated heterocycles. The van der Waals surface area contributed by atoms with Crippen LogP contribution < -0.4 is 70.0 Å². The number of aliphatic hydroxyl groups is 3. The Hall–Kier alpha value is -8.77. The van der Waals surface area contributed by atoms with Crippen molar-refractivity contribution < 1.29 is 77.6 Å². The fraction of sp³-hybridized carbons (Fsp3) is 0.648. The van der Waals surface area contributed by atoms with Gasteiger partial charge in [0.25, 0.3) is 0 Å². The number of alkyl carbamates (subject to hydrolysis) is 1. The van der Waals surface area contributed by atoms with Gasteiger partial charge in [-0.05, 0) is 99.5 Å². The second-order valence-corrected chi connectivity index (χ2v) is 30.3. The monoisotopic (exact) mass is 1420 g/mol. The van der Waals surface area contributed by atoms with Gasteiger partial charge in [-0.3, -0.25) is 57.7 Å². The Balaban J connectivity index is 2.48. The minimum atomic E-state index is -1.97. The highest BCUT2D eigenvalue weighted by Gasteiger charge is 2.43. The number of ether oxygens (including phenoxy) is 1. The van der Waals surface area contributed by atoms with Crippen LogP contribution in [-0.4, -0.2) is 184 Å². The summed E-state index contributed by atoms with van der Waals surface area (Å²) in [5, 5.41) is 62.8. The van der Waals surface area contributed by atoms with Crippen molar-refractivity contribution in [2.45, 2.75) is 240 Å². The summed E-state index contributed by atoms with van der Waals surface area (Å²) in [7, 11) is 0. The van der Waals surface area contributed by atoms with Crippen LogP contribution in [-0.2, 0) is 63.9 Å². The van der Waals surface area contributed by atoms with Gasteiger partial charge in [-0.2, -0.15) is 0 Å². The minimum Gasteiger partial charge on any atom is -0.444 e. The van der Waals surface area contributed by atoms with Crippen molar-refractivity contribution in [3.8, 4) is 0 Å². The zero-order valence-electron chi connectivity index (χ0n) is 61.5. The standard InChI is InChI=1S/C71H114N14O16/c1-17-40(6)53-65(98)83-54(41(7)87)64(97)75-36-52(89)76-47(32-42-25-20-18-21-26-42)61(94)80-50(37-86)63(96)84-55(43-27-22-19-23-28-43)44(33-51(88)48(34-69(8,9)10)79-62(95)49(35-70(11,12)13)81-68(100)101-71(14,15)16)58(91)85-56(57(90)39(4)5)66(99)78-46(31-38(2)3)60(93)77-45(59(92)82-53)29-24-30-74-67(72)73/h18-23,25-28,38-41,44-50,53-57,86-87,90H,17,24,29-37H2,1-16H3,(H,75,97)(H,76,89)(H,77,93)(H,78,99)(H,79,95)(H,80,94)(H,81,100)(H,82,92)(H,83,98)(H,84,96)(H,85,91)(H4,72,73,74)/t40-,41-,44-,45+,46-,47-,48-,49+,50-,53-,54-,55+,56-,57+/m0/s1. The summed E-state index contributed by atoms with van der Waals surface area (Å²) < 4.78 is 5.52. The maximum Gasteiger partial charge on any atom is 0.408 e. The van der Waals surface area contributed by atoms with Crippen LogP contribution in [0.1, 0.15) is 173 Å². The molecule has 564 valence electrons. The van der Waals surface area contributed by atoms with E-state index >= 15 is 19.2 Å². The van der Waals surface area contributed by atoms with Crippen LogP contribution in [0.4, 0.5) is 4.79 Å². The fourth-order valence-electron chi connectivity index (χ4n) is 11.1. The smallest absolute Gasteiger partial charge is 0.408 e. The number of hydrogen-bond donors (Lipinski definition) is 16. The number of carbonyl (C=O) groups is 12. The molecule has 0 spiro atoms. The van der Waals surface area contributed by atoms with Crippen molar-refractivity contribution in [2.75, 3.05) is 19.7 Å².